The number of benzene rings is 2. The molecule has 2 aromatic carbocycles. The molecule has 1 amide bonds. The number of nitrogens with zero attached hydrogens (tertiary/aromatic N) is 3. The Bertz CT molecular complexity index is 1100. The van der Waals surface area contributed by atoms with Crippen LogP contribution in [0.25, 0.3) is 5.69 Å². The Morgan fingerprint density at radius 3 is 2.61 bits per heavy atom. The monoisotopic (exact) mass is 406 g/mol. The molecule has 5 nitrogen and oxygen atoms in total. The number of thiazole rings is 1. The second-order valence-corrected chi connectivity index (χ2v) is 8.46. The van der Waals surface area contributed by atoms with Crippen LogP contribution in [0.5, 0.6) is 0 Å². The minimum Gasteiger partial charge on any atom is -0.322 e. The first-order chi connectivity index (χ1) is 13.6. The summed E-state index contributed by atoms with van der Waals surface area (Å²) < 4.78 is 2.78. The van der Waals surface area contributed by atoms with Gasteiger partial charge in [0, 0.05) is 39.6 Å². The average molecular weight is 407 g/mol. The maximum atomic E-state index is 12.6. The van der Waals surface area contributed by atoms with E-state index < -0.39 is 0 Å². The van der Waals surface area contributed by atoms with Gasteiger partial charge in [0.2, 0.25) is 0 Å². The van der Waals surface area contributed by atoms with Crippen LogP contribution >= 0.6 is 23.1 Å². The van der Waals surface area contributed by atoms with Crippen LogP contribution in [0.15, 0.2) is 75.5 Å². The van der Waals surface area contributed by atoms with Gasteiger partial charge in [-0.3, -0.25) is 4.79 Å². The van der Waals surface area contributed by atoms with Crippen molar-refractivity contribution in [1.82, 2.24) is 14.8 Å². The van der Waals surface area contributed by atoms with Gasteiger partial charge in [-0.25, -0.2) is 9.67 Å². The topological polar surface area (TPSA) is 59.8 Å². The molecule has 0 unspecified atom stereocenters. The molecule has 0 saturated heterocycles. The first-order valence-electron chi connectivity index (χ1n) is 8.70. The second-order valence-electron chi connectivity index (χ2n) is 6.29. The van der Waals surface area contributed by atoms with Crippen molar-refractivity contribution in [3.05, 3.63) is 83.1 Å². The Labute approximate surface area is 171 Å². The Morgan fingerprint density at radius 2 is 1.96 bits per heavy atom. The number of carbonyl (C=O) groups is 1. The summed E-state index contributed by atoms with van der Waals surface area (Å²) in [6.45, 7) is 3.99. The maximum Gasteiger partial charge on any atom is 0.255 e. The van der Waals surface area contributed by atoms with Gasteiger partial charge in [-0.1, -0.05) is 11.8 Å². The molecule has 0 radical (unpaired) electrons. The number of rotatable bonds is 5. The summed E-state index contributed by atoms with van der Waals surface area (Å²) in [5.74, 6) is -0.133. The zero-order valence-electron chi connectivity index (χ0n) is 15.4. The van der Waals surface area contributed by atoms with E-state index in [1.807, 2.05) is 55.8 Å². The third-order valence-electron chi connectivity index (χ3n) is 4.15. The van der Waals surface area contributed by atoms with E-state index in [2.05, 4.69) is 21.5 Å². The molecule has 0 atom stereocenters. The van der Waals surface area contributed by atoms with Gasteiger partial charge in [0.15, 0.2) is 4.34 Å². The fraction of sp³-hybridized carbons (Fsp3) is 0.0952. The number of aryl methyl sites for hydroxylation is 2. The van der Waals surface area contributed by atoms with Crippen molar-refractivity contribution in [1.29, 1.82) is 0 Å². The van der Waals surface area contributed by atoms with Crippen molar-refractivity contribution in [3.8, 4) is 5.69 Å². The lowest BCUT2D eigenvalue weighted by atomic mass is 10.1. The average Bonchev–Trinajstić information content (AvgIpc) is 3.36. The van der Waals surface area contributed by atoms with E-state index >= 15 is 0 Å². The third-order valence-corrected chi connectivity index (χ3v) is 6.19. The van der Waals surface area contributed by atoms with E-state index in [9.17, 15) is 4.79 Å². The predicted molar refractivity (Wildman–Crippen MR) is 114 cm³/mol. The van der Waals surface area contributed by atoms with Gasteiger partial charge in [-0.2, -0.15) is 5.10 Å². The number of hydrogen-bond donors (Lipinski definition) is 1. The first-order valence-corrected chi connectivity index (χ1v) is 10.4. The van der Waals surface area contributed by atoms with E-state index in [0.29, 0.717) is 5.56 Å². The normalized spacial score (nSPS) is 10.8. The van der Waals surface area contributed by atoms with Crippen molar-refractivity contribution in [2.75, 3.05) is 5.32 Å². The van der Waals surface area contributed by atoms with Crippen molar-refractivity contribution in [3.63, 3.8) is 0 Å². The van der Waals surface area contributed by atoms with Gasteiger partial charge in [0.1, 0.15) is 0 Å². The minimum atomic E-state index is -0.133. The second kappa shape index (κ2) is 8.00. The molecule has 0 spiro atoms. The van der Waals surface area contributed by atoms with E-state index in [1.165, 1.54) is 0 Å². The highest BCUT2D eigenvalue weighted by Crippen LogP contribution is 2.32. The van der Waals surface area contributed by atoms with Gasteiger partial charge < -0.3 is 5.32 Å². The number of anilines is 1. The van der Waals surface area contributed by atoms with Crippen LogP contribution < -0.4 is 5.32 Å². The quantitative estimate of drug-likeness (QED) is 0.485. The molecule has 28 heavy (non-hydrogen) atoms. The summed E-state index contributed by atoms with van der Waals surface area (Å²) in [6.07, 6.45) is 3.59. The van der Waals surface area contributed by atoms with Crippen molar-refractivity contribution < 1.29 is 4.79 Å². The Balaban J connectivity index is 1.45. The van der Waals surface area contributed by atoms with Crippen molar-refractivity contribution in [2.45, 2.75) is 23.1 Å². The van der Waals surface area contributed by atoms with E-state index in [-0.39, 0.29) is 5.91 Å². The standard InChI is InChI=1S/C21H18N4OS2/c1-14-12-18(28-21-23-15(2)13-27-21)8-9-19(14)24-20(26)16-4-6-17(7-5-16)25-11-3-10-22-25/h3-13H,1-2H3,(H,24,26). The molecule has 0 bridgehead atoms. The minimum absolute atomic E-state index is 0.133. The van der Waals surface area contributed by atoms with Gasteiger partial charge in [-0.05, 0) is 67.9 Å². The fourth-order valence-electron chi connectivity index (χ4n) is 2.70. The summed E-state index contributed by atoms with van der Waals surface area (Å²) in [4.78, 5) is 18.2. The molecule has 0 aliphatic heterocycles. The van der Waals surface area contributed by atoms with Gasteiger partial charge in [-0.15, -0.1) is 11.3 Å². The van der Waals surface area contributed by atoms with Crippen LogP contribution in [0.3, 0.4) is 0 Å². The van der Waals surface area contributed by atoms with E-state index in [0.717, 1.165) is 31.9 Å². The summed E-state index contributed by atoms with van der Waals surface area (Å²) in [5, 5.41) is 9.23. The Morgan fingerprint density at radius 1 is 1.14 bits per heavy atom. The molecule has 0 saturated carbocycles. The molecule has 1 N–H and O–H groups in total. The number of amides is 1. The number of nitrogens with one attached hydrogen (secondary N) is 1. The van der Waals surface area contributed by atoms with Crippen LogP contribution in [0.4, 0.5) is 5.69 Å². The summed E-state index contributed by atoms with van der Waals surface area (Å²) >= 11 is 3.27. The molecule has 0 fully saturated rings. The molecule has 0 aliphatic rings. The van der Waals surface area contributed by atoms with Crippen molar-refractivity contribution >= 4 is 34.7 Å². The predicted octanol–water partition coefficient (Wildman–Crippen LogP) is 5.35. The number of carbonyl (C=O) groups excluding carboxylic acids is 1. The highest BCUT2D eigenvalue weighted by atomic mass is 32.2. The third kappa shape index (κ3) is 4.16. The summed E-state index contributed by atoms with van der Waals surface area (Å²) in [6, 6.07) is 15.2. The Kier molecular flexibility index (Phi) is 5.27. The van der Waals surface area contributed by atoms with Crippen LogP contribution in [-0.4, -0.2) is 20.7 Å². The molecule has 4 rings (SSSR count). The lowest BCUT2D eigenvalue weighted by Gasteiger charge is -2.10. The summed E-state index contributed by atoms with van der Waals surface area (Å²) in [7, 11) is 0. The molecule has 7 heteroatoms. The fourth-order valence-corrected chi connectivity index (χ4v) is 4.61. The lowest BCUT2D eigenvalue weighted by molar-refractivity contribution is 0.102. The number of hydrogen-bond acceptors (Lipinski definition) is 5. The number of aromatic nitrogens is 3. The molecular formula is C21H18N4OS2. The largest absolute Gasteiger partial charge is 0.322 e. The molecular weight excluding hydrogens is 388 g/mol. The molecule has 2 heterocycles. The highest BCUT2D eigenvalue weighted by Gasteiger charge is 2.10. The molecule has 0 aliphatic carbocycles. The van der Waals surface area contributed by atoms with Crippen LogP contribution in [0.2, 0.25) is 0 Å². The van der Waals surface area contributed by atoms with Gasteiger partial charge >= 0.3 is 0 Å². The molecule has 4 aromatic rings. The highest BCUT2D eigenvalue weighted by molar-refractivity contribution is 8.01. The molecule has 2 aromatic heterocycles. The zero-order chi connectivity index (χ0) is 19.5. The Hall–Kier alpha value is -2.90. The molecule has 140 valence electrons. The van der Waals surface area contributed by atoms with Crippen molar-refractivity contribution in [2.24, 2.45) is 0 Å². The van der Waals surface area contributed by atoms with Gasteiger partial charge in [0.05, 0.1) is 5.69 Å². The SMILES string of the molecule is Cc1csc(Sc2ccc(NC(=O)c3ccc(-n4cccn4)cc3)c(C)c2)n1. The smallest absolute Gasteiger partial charge is 0.255 e. The summed E-state index contributed by atoms with van der Waals surface area (Å²) in [5.41, 5.74) is 4.37. The van der Waals surface area contributed by atoms with Gasteiger partial charge in [0.25, 0.3) is 5.91 Å². The van der Waals surface area contributed by atoms with Crippen LogP contribution in [0, 0.1) is 13.8 Å². The zero-order valence-corrected chi connectivity index (χ0v) is 17.1. The lowest BCUT2D eigenvalue weighted by Crippen LogP contribution is -2.12. The first kappa shape index (κ1) is 18.5. The maximum absolute atomic E-state index is 12.6. The van der Waals surface area contributed by atoms with E-state index in [1.54, 1.807) is 46.1 Å². The van der Waals surface area contributed by atoms with Crippen LogP contribution in [0.1, 0.15) is 21.6 Å². The van der Waals surface area contributed by atoms with E-state index in [4.69, 9.17) is 0 Å². The van der Waals surface area contributed by atoms with Crippen LogP contribution in [-0.2, 0) is 0 Å².